The summed E-state index contributed by atoms with van der Waals surface area (Å²) in [6.45, 7) is 7.58. The Morgan fingerprint density at radius 2 is 1.44 bits per heavy atom. The Morgan fingerprint density at radius 3 is 1.96 bits per heavy atom. The van der Waals surface area contributed by atoms with Gasteiger partial charge in [0.15, 0.2) is 6.61 Å². The summed E-state index contributed by atoms with van der Waals surface area (Å²) in [5, 5.41) is 8.90. The Hall–Kier alpha value is -3.13. The minimum absolute atomic E-state index is 0.198. The molecule has 140 valence electrons. The number of benzene rings is 2. The zero-order valence-corrected chi connectivity index (χ0v) is 16.2. The van der Waals surface area contributed by atoms with Crippen molar-refractivity contribution < 1.29 is 14.3 Å². The fourth-order valence-electron chi connectivity index (χ4n) is 3.05. The number of nitriles is 1. The largest absolute Gasteiger partial charge is 0.452 e. The first-order valence-corrected chi connectivity index (χ1v) is 8.81. The minimum Gasteiger partial charge on any atom is -0.452 e. The van der Waals surface area contributed by atoms with Crippen LogP contribution in [0.25, 0.3) is 0 Å². The number of hydrogen-bond donors (Lipinski definition) is 0. The van der Waals surface area contributed by atoms with Crippen LogP contribution in [0.15, 0.2) is 36.4 Å². The number of ether oxygens (including phenoxy) is 1. The van der Waals surface area contributed by atoms with Crippen molar-refractivity contribution in [1.29, 1.82) is 5.26 Å². The monoisotopic (exact) mass is 364 g/mol. The highest BCUT2D eigenvalue weighted by atomic mass is 16.5. The molecule has 0 heterocycles. The Bertz CT molecular complexity index is 856. The Labute approximate surface area is 160 Å². The number of carbonyl (C=O) groups excluding carboxylic acids is 2. The van der Waals surface area contributed by atoms with Crippen LogP contribution in [0.2, 0.25) is 0 Å². The second-order valence-electron chi connectivity index (χ2n) is 6.75. The summed E-state index contributed by atoms with van der Waals surface area (Å²) >= 11 is 0. The van der Waals surface area contributed by atoms with Crippen molar-refractivity contribution in [2.45, 2.75) is 34.1 Å². The van der Waals surface area contributed by atoms with Crippen LogP contribution in [-0.4, -0.2) is 25.0 Å². The van der Waals surface area contributed by atoms with Gasteiger partial charge in [0.1, 0.15) is 0 Å². The Kier molecular flexibility index (Phi) is 6.73. The third-order valence-electron chi connectivity index (χ3n) is 4.05. The van der Waals surface area contributed by atoms with Crippen LogP contribution in [0, 0.1) is 39.0 Å². The van der Waals surface area contributed by atoms with Crippen LogP contribution in [0.5, 0.6) is 0 Å². The number of esters is 1. The number of nitrogens with zero attached hydrogens (tertiary/aromatic N) is 2. The lowest BCUT2D eigenvalue weighted by Gasteiger charge is -2.22. The first kappa shape index (κ1) is 20.2. The van der Waals surface area contributed by atoms with E-state index in [1.807, 2.05) is 52.0 Å². The predicted molar refractivity (Wildman–Crippen MR) is 105 cm³/mol. The van der Waals surface area contributed by atoms with Gasteiger partial charge in [-0.1, -0.05) is 23.3 Å². The maximum Gasteiger partial charge on any atom is 0.338 e. The van der Waals surface area contributed by atoms with Gasteiger partial charge in [0, 0.05) is 12.2 Å². The molecule has 2 aromatic carbocycles. The molecule has 1 amide bonds. The molecular weight excluding hydrogens is 340 g/mol. The molecule has 0 aliphatic rings. The van der Waals surface area contributed by atoms with E-state index in [9.17, 15) is 9.59 Å². The van der Waals surface area contributed by atoms with Gasteiger partial charge in [-0.05, 0) is 63.1 Å². The maximum absolute atomic E-state index is 12.7. The Balaban J connectivity index is 2.13. The van der Waals surface area contributed by atoms with E-state index in [-0.39, 0.29) is 25.5 Å². The van der Waals surface area contributed by atoms with Crippen LogP contribution >= 0.6 is 0 Å². The molecule has 0 saturated heterocycles. The first-order chi connectivity index (χ1) is 12.8. The lowest BCUT2D eigenvalue weighted by atomic mass is 10.1. The molecular formula is C22H24N2O3. The van der Waals surface area contributed by atoms with Gasteiger partial charge in [0.25, 0.3) is 5.91 Å². The summed E-state index contributed by atoms with van der Waals surface area (Å²) in [4.78, 5) is 26.5. The van der Waals surface area contributed by atoms with Crippen molar-refractivity contribution in [3.8, 4) is 6.07 Å². The quantitative estimate of drug-likeness (QED) is 0.726. The van der Waals surface area contributed by atoms with Gasteiger partial charge >= 0.3 is 5.97 Å². The van der Waals surface area contributed by atoms with Gasteiger partial charge < -0.3 is 9.64 Å². The molecule has 5 heteroatoms. The highest BCUT2D eigenvalue weighted by Crippen LogP contribution is 2.20. The molecule has 0 unspecified atom stereocenters. The summed E-state index contributed by atoms with van der Waals surface area (Å²) in [5.74, 6) is -0.885. The summed E-state index contributed by atoms with van der Waals surface area (Å²) in [7, 11) is 0. The van der Waals surface area contributed by atoms with E-state index in [0.717, 1.165) is 22.3 Å². The normalized spacial score (nSPS) is 10.2. The summed E-state index contributed by atoms with van der Waals surface area (Å²) in [5.41, 5.74) is 5.09. The number of carbonyl (C=O) groups is 2. The average molecular weight is 364 g/mol. The fourth-order valence-corrected chi connectivity index (χ4v) is 3.05. The van der Waals surface area contributed by atoms with Crippen LogP contribution in [0.3, 0.4) is 0 Å². The number of hydrogen-bond acceptors (Lipinski definition) is 4. The molecule has 2 aromatic rings. The zero-order chi connectivity index (χ0) is 20.0. The lowest BCUT2D eigenvalue weighted by Crippen LogP contribution is -2.35. The van der Waals surface area contributed by atoms with Crippen molar-refractivity contribution in [3.63, 3.8) is 0 Å². The molecule has 0 bridgehead atoms. The molecule has 27 heavy (non-hydrogen) atoms. The fraction of sp³-hybridized carbons (Fsp3) is 0.318. The van der Waals surface area contributed by atoms with Crippen molar-refractivity contribution in [3.05, 3.63) is 64.2 Å². The maximum atomic E-state index is 12.7. The van der Waals surface area contributed by atoms with E-state index in [2.05, 4.69) is 6.07 Å². The van der Waals surface area contributed by atoms with Gasteiger partial charge in [-0.25, -0.2) is 4.79 Å². The van der Waals surface area contributed by atoms with Crippen LogP contribution in [0.4, 0.5) is 5.69 Å². The smallest absolute Gasteiger partial charge is 0.338 e. The molecule has 0 saturated carbocycles. The zero-order valence-electron chi connectivity index (χ0n) is 16.2. The third-order valence-corrected chi connectivity index (χ3v) is 4.05. The SMILES string of the molecule is Cc1cc(C)cc(C(=O)OCC(=O)N(CCC#N)c2cc(C)cc(C)c2)c1. The van der Waals surface area contributed by atoms with E-state index in [1.54, 1.807) is 12.1 Å². The standard InChI is InChI=1S/C22H24N2O3/c1-15-8-16(2)11-19(10-15)22(26)27-14-21(25)24(7-5-6-23)20-12-17(3)9-18(4)13-20/h8-13H,5,7,14H2,1-4H3. The van der Waals surface area contributed by atoms with E-state index in [4.69, 9.17) is 10.00 Å². The van der Waals surface area contributed by atoms with Crippen LogP contribution in [0.1, 0.15) is 39.0 Å². The number of amides is 1. The van der Waals surface area contributed by atoms with E-state index in [1.165, 1.54) is 4.90 Å². The molecule has 0 spiro atoms. The van der Waals surface area contributed by atoms with Crippen LogP contribution in [-0.2, 0) is 9.53 Å². The molecule has 0 aromatic heterocycles. The van der Waals surface area contributed by atoms with Crippen molar-refractivity contribution in [1.82, 2.24) is 0 Å². The average Bonchev–Trinajstić information content (AvgIpc) is 2.58. The molecule has 0 atom stereocenters. The van der Waals surface area contributed by atoms with Gasteiger partial charge in [-0.2, -0.15) is 5.26 Å². The van der Waals surface area contributed by atoms with Gasteiger partial charge in [0.2, 0.25) is 0 Å². The second-order valence-corrected chi connectivity index (χ2v) is 6.75. The molecule has 0 aliphatic carbocycles. The second kappa shape index (κ2) is 9.00. The predicted octanol–water partition coefficient (Wildman–Crippen LogP) is 4.02. The highest BCUT2D eigenvalue weighted by Gasteiger charge is 2.19. The lowest BCUT2D eigenvalue weighted by molar-refractivity contribution is -0.121. The third kappa shape index (κ3) is 5.68. The molecule has 0 N–H and O–H groups in total. The van der Waals surface area contributed by atoms with Crippen molar-refractivity contribution in [2.75, 3.05) is 18.1 Å². The molecule has 0 fully saturated rings. The number of rotatable bonds is 6. The summed E-state index contributed by atoms with van der Waals surface area (Å²) in [6.07, 6.45) is 0.198. The topological polar surface area (TPSA) is 70.4 Å². The minimum atomic E-state index is -0.532. The molecule has 0 radical (unpaired) electrons. The van der Waals surface area contributed by atoms with E-state index in [0.29, 0.717) is 11.3 Å². The summed E-state index contributed by atoms with van der Waals surface area (Å²) in [6, 6.07) is 13.3. The number of anilines is 1. The molecule has 0 aliphatic heterocycles. The van der Waals surface area contributed by atoms with Crippen molar-refractivity contribution in [2.24, 2.45) is 0 Å². The Morgan fingerprint density at radius 1 is 0.926 bits per heavy atom. The van der Waals surface area contributed by atoms with Gasteiger partial charge in [-0.15, -0.1) is 0 Å². The van der Waals surface area contributed by atoms with Gasteiger partial charge in [0.05, 0.1) is 18.1 Å². The molecule has 2 rings (SSSR count). The highest BCUT2D eigenvalue weighted by molar-refractivity contribution is 5.97. The summed E-state index contributed by atoms with van der Waals surface area (Å²) < 4.78 is 5.23. The van der Waals surface area contributed by atoms with Gasteiger partial charge in [-0.3, -0.25) is 4.79 Å². The molecule has 5 nitrogen and oxygen atoms in total. The van der Waals surface area contributed by atoms with E-state index >= 15 is 0 Å². The first-order valence-electron chi connectivity index (χ1n) is 8.81. The van der Waals surface area contributed by atoms with Crippen molar-refractivity contribution >= 4 is 17.6 Å². The number of aryl methyl sites for hydroxylation is 4. The van der Waals surface area contributed by atoms with E-state index < -0.39 is 5.97 Å². The van der Waals surface area contributed by atoms with Crippen LogP contribution < -0.4 is 4.90 Å².